The van der Waals surface area contributed by atoms with Crippen molar-refractivity contribution in [1.82, 2.24) is 10.2 Å². The lowest BCUT2D eigenvalue weighted by Crippen LogP contribution is -2.42. The van der Waals surface area contributed by atoms with Gasteiger partial charge < -0.3 is 15.3 Å². The van der Waals surface area contributed by atoms with Crippen molar-refractivity contribution in [3.63, 3.8) is 0 Å². The molecule has 2 aromatic carbocycles. The number of phenolic OH excluding ortho intramolecular Hbond substituents is 1. The monoisotopic (exact) mass is 406 g/mol. The molecule has 0 bridgehead atoms. The number of aromatic hydroxyl groups is 1. The van der Waals surface area contributed by atoms with Crippen LogP contribution in [0.4, 0.5) is 4.39 Å². The molecule has 0 aliphatic heterocycles. The minimum Gasteiger partial charge on any atom is -0.504 e. The van der Waals surface area contributed by atoms with Crippen LogP contribution in [0.25, 0.3) is 0 Å². The van der Waals surface area contributed by atoms with Crippen LogP contribution in [0.3, 0.4) is 0 Å². The molecule has 0 saturated heterocycles. The summed E-state index contributed by atoms with van der Waals surface area (Å²) in [6.45, 7) is 4.52. The van der Waals surface area contributed by atoms with Crippen LogP contribution in [0.1, 0.15) is 31.4 Å². The molecule has 0 aliphatic rings. The van der Waals surface area contributed by atoms with Crippen LogP contribution in [0, 0.1) is 5.82 Å². The number of amides is 1. The van der Waals surface area contributed by atoms with Crippen molar-refractivity contribution in [3.05, 3.63) is 64.4 Å². The van der Waals surface area contributed by atoms with E-state index in [0.29, 0.717) is 24.9 Å². The van der Waals surface area contributed by atoms with Crippen molar-refractivity contribution in [2.75, 3.05) is 20.6 Å². The largest absolute Gasteiger partial charge is 0.504 e. The molecule has 0 unspecified atom stereocenters. The Labute approximate surface area is 171 Å². The summed E-state index contributed by atoms with van der Waals surface area (Å²) in [5, 5.41) is 12.5. The number of phenols is 1. The first kappa shape index (κ1) is 22.2. The van der Waals surface area contributed by atoms with Gasteiger partial charge in [0.1, 0.15) is 0 Å². The van der Waals surface area contributed by atoms with Crippen LogP contribution in [0.15, 0.2) is 42.5 Å². The van der Waals surface area contributed by atoms with E-state index >= 15 is 0 Å². The maximum Gasteiger partial charge on any atom is 0.220 e. The summed E-state index contributed by atoms with van der Waals surface area (Å²) < 4.78 is 13.7. The summed E-state index contributed by atoms with van der Waals surface area (Å²) in [5.41, 5.74) is 1.51. The Morgan fingerprint density at radius 2 is 1.89 bits per heavy atom. The van der Waals surface area contributed by atoms with Gasteiger partial charge in [0.2, 0.25) is 5.91 Å². The third-order valence-electron chi connectivity index (χ3n) is 4.97. The smallest absolute Gasteiger partial charge is 0.220 e. The Morgan fingerprint density at radius 1 is 1.25 bits per heavy atom. The van der Waals surface area contributed by atoms with E-state index in [9.17, 15) is 14.3 Å². The van der Waals surface area contributed by atoms with Crippen LogP contribution in [0.5, 0.6) is 5.75 Å². The molecule has 152 valence electrons. The molecule has 1 amide bonds. The fourth-order valence-corrected chi connectivity index (χ4v) is 3.36. The van der Waals surface area contributed by atoms with Crippen molar-refractivity contribution in [1.29, 1.82) is 0 Å². The van der Waals surface area contributed by atoms with Gasteiger partial charge in [-0.25, -0.2) is 4.39 Å². The highest BCUT2D eigenvalue weighted by atomic mass is 35.5. The number of benzene rings is 2. The van der Waals surface area contributed by atoms with Crippen molar-refractivity contribution >= 4 is 17.5 Å². The van der Waals surface area contributed by atoms with Gasteiger partial charge in [-0.2, -0.15) is 0 Å². The Hall–Kier alpha value is -2.11. The molecule has 0 aromatic heterocycles. The van der Waals surface area contributed by atoms with E-state index in [1.807, 2.05) is 63.2 Å². The summed E-state index contributed by atoms with van der Waals surface area (Å²) in [7, 11) is 3.81. The molecule has 0 aliphatic carbocycles. The molecule has 6 heteroatoms. The van der Waals surface area contributed by atoms with Gasteiger partial charge in [0.15, 0.2) is 11.6 Å². The summed E-state index contributed by atoms with van der Waals surface area (Å²) in [5.74, 6) is -1.31. The van der Waals surface area contributed by atoms with E-state index in [4.69, 9.17) is 11.6 Å². The molecule has 0 heterocycles. The molecule has 0 radical (unpaired) electrons. The van der Waals surface area contributed by atoms with E-state index in [-0.39, 0.29) is 22.4 Å². The highest BCUT2D eigenvalue weighted by Gasteiger charge is 2.24. The fraction of sp³-hybridized carbons (Fsp3) is 0.409. The predicted octanol–water partition coefficient (Wildman–Crippen LogP) is 4.14. The molecule has 2 aromatic rings. The zero-order chi connectivity index (χ0) is 20.9. The maximum absolute atomic E-state index is 13.7. The summed E-state index contributed by atoms with van der Waals surface area (Å²) in [6, 6.07) is 12.7. The molecule has 0 fully saturated rings. The number of hydrogen-bond donors (Lipinski definition) is 2. The second-order valence-electron chi connectivity index (χ2n) is 7.96. The summed E-state index contributed by atoms with van der Waals surface area (Å²) >= 11 is 5.87. The molecular formula is C22H28ClFN2O2. The highest BCUT2D eigenvalue weighted by molar-refractivity contribution is 6.32. The Balaban J connectivity index is 1.98. The summed E-state index contributed by atoms with van der Waals surface area (Å²) in [4.78, 5) is 14.5. The van der Waals surface area contributed by atoms with Crippen LogP contribution in [-0.2, 0) is 16.6 Å². The molecule has 28 heavy (non-hydrogen) atoms. The Kier molecular flexibility index (Phi) is 7.44. The number of likely N-dealkylation sites (N-methyl/N-ethyl adjacent to an activating group) is 1. The molecule has 0 saturated carbocycles. The second kappa shape index (κ2) is 9.39. The molecule has 2 N–H and O–H groups in total. The van der Waals surface area contributed by atoms with Crippen molar-refractivity contribution in [2.24, 2.45) is 0 Å². The number of hydrogen-bond acceptors (Lipinski definition) is 3. The number of rotatable bonds is 8. The van der Waals surface area contributed by atoms with Gasteiger partial charge in [0.25, 0.3) is 0 Å². The SMILES string of the molecule is CN(C)[C@H](CNC(=O)CC(C)(C)c1ccccc1)Cc1cc(F)c(O)c(Cl)c1. The minimum atomic E-state index is -0.742. The van der Waals surface area contributed by atoms with Crippen molar-refractivity contribution < 1.29 is 14.3 Å². The predicted molar refractivity (Wildman–Crippen MR) is 111 cm³/mol. The highest BCUT2D eigenvalue weighted by Crippen LogP contribution is 2.29. The zero-order valence-corrected chi connectivity index (χ0v) is 17.6. The maximum atomic E-state index is 13.7. The molecular weight excluding hydrogens is 379 g/mol. The van der Waals surface area contributed by atoms with E-state index < -0.39 is 11.6 Å². The van der Waals surface area contributed by atoms with Gasteiger partial charge in [-0.1, -0.05) is 55.8 Å². The topological polar surface area (TPSA) is 52.6 Å². The van der Waals surface area contributed by atoms with Gasteiger partial charge in [-0.3, -0.25) is 4.79 Å². The minimum absolute atomic E-state index is 0.0128. The number of carbonyl (C=O) groups excluding carboxylic acids is 1. The van der Waals surface area contributed by atoms with E-state index in [1.54, 1.807) is 6.07 Å². The molecule has 4 nitrogen and oxygen atoms in total. The number of carbonyl (C=O) groups is 1. The lowest BCUT2D eigenvalue weighted by molar-refractivity contribution is -0.122. The van der Waals surface area contributed by atoms with Gasteiger partial charge in [-0.15, -0.1) is 0 Å². The van der Waals surface area contributed by atoms with Gasteiger partial charge >= 0.3 is 0 Å². The average molecular weight is 407 g/mol. The number of nitrogens with zero attached hydrogens (tertiary/aromatic N) is 1. The third-order valence-corrected chi connectivity index (χ3v) is 5.26. The Bertz CT molecular complexity index is 786. The standard InChI is InChI=1S/C22H28ClFN2O2/c1-22(2,16-8-6-5-7-9-16)13-20(27)25-14-17(26(3)4)10-15-11-18(23)21(28)19(24)12-15/h5-9,11-12,17,28H,10,13-14H2,1-4H3,(H,25,27)/t17-/m0/s1. The fourth-order valence-electron chi connectivity index (χ4n) is 3.13. The lowest BCUT2D eigenvalue weighted by atomic mass is 9.81. The zero-order valence-electron chi connectivity index (χ0n) is 16.8. The van der Waals surface area contributed by atoms with E-state index in [1.165, 1.54) is 6.07 Å². The summed E-state index contributed by atoms with van der Waals surface area (Å²) in [6.07, 6.45) is 0.864. The first-order valence-electron chi connectivity index (χ1n) is 9.25. The van der Waals surface area contributed by atoms with Crippen molar-refractivity contribution in [3.8, 4) is 5.75 Å². The first-order valence-corrected chi connectivity index (χ1v) is 9.63. The van der Waals surface area contributed by atoms with Crippen LogP contribution >= 0.6 is 11.6 Å². The van der Waals surface area contributed by atoms with E-state index in [2.05, 4.69) is 5.32 Å². The number of halogens is 2. The lowest BCUT2D eigenvalue weighted by Gasteiger charge is -2.27. The molecule has 0 spiro atoms. The molecule has 1 atom stereocenters. The van der Waals surface area contributed by atoms with Crippen LogP contribution in [0.2, 0.25) is 5.02 Å². The van der Waals surface area contributed by atoms with E-state index in [0.717, 1.165) is 5.56 Å². The molecule has 2 rings (SSSR count). The quantitative estimate of drug-likeness (QED) is 0.692. The third kappa shape index (κ3) is 5.94. The van der Waals surface area contributed by atoms with Crippen LogP contribution < -0.4 is 5.32 Å². The van der Waals surface area contributed by atoms with Gasteiger partial charge in [-0.05, 0) is 49.2 Å². The van der Waals surface area contributed by atoms with Crippen molar-refractivity contribution in [2.45, 2.75) is 38.1 Å². The second-order valence-corrected chi connectivity index (χ2v) is 8.37. The normalized spacial score (nSPS) is 12.8. The average Bonchev–Trinajstić information content (AvgIpc) is 2.63. The van der Waals surface area contributed by atoms with Gasteiger partial charge in [0, 0.05) is 19.0 Å². The van der Waals surface area contributed by atoms with Crippen LogP contribution in [-0.4, -0.2) is 42.6 Å². The first-order chi connectivity index (χ1) is 13.1. The number of nitrogens with one attached hydrogen (secondary N) is 1. The van der Waals surface area contributed by atoms with Gasteiger partial charge in [0.05, 0.1) is 5.02 Å². The Morgan fingerprint density at radius 3 is 2.46 bits per heavy atom.